The van der Waals surface area contributed by atoms with E-state index in [0.717, 1.165) is 4.68 Å². The number of hydrogen-bond donors (Lipinski definition) is 0. The molecule has 0 spiro atoms. The first-order valence-electron chi connectivity index (χ1n) is 8.71. The second kappa shape index (κ2) is 8.93. The Kier molecular flexibility index (Phi) is 6.80. The average Bonchev–Trinajstić information content (AvgIpc) is 3.07. The second-order valence-electron chi connectivity index (χ2n) is 6.36. The zero-order chi connectivity index (χ0) is 23.8. The predicted molar refractivity (Wildman–Crippen MR) is 113 cm³/mol. The fourth-order valence-electron chi connectivity index (χ4n) is 2.58. The lowest BCUT2D eigenvalue weighted by atomic mass is 10.1. The summed E-state index contributed by atoms with van der Waals surface area (Å²) in [6.45, 7) is 1.38. The maximum absolute atomic E-state index is 12.9. The van der Waals surface area contributed by atoms with Crippen LogP contribution in [0.25, 0.3) is 11.1 Å². The Labute approximate surface area is 194 Å². The van der Waals surface area contributed by atoms with E-state index in [1.807, 2.05) is 0 Å². The van der Waals surface area contributed by atoms with Crippen LogP contribution in [0, 0.1) is 0 Å². The molecule has 0 saturated carbocycles. The van der Waals surface area contributed by atoms with Crippen LogP contribution in [-0.4, -0.2) is 34.8 Å². The fourth-order valence-corrected chi connectivity index (χ4v) is 4.91. The molecule has 32 heavy (non-hydrogen) atoms. The number of benzene rings is 1. The third kappa shape index (κ3) is 5.20. The minimum absolute atomic E-state index is 0.145. The zero-order valence-electron chi connectivity index (χ0n) is 16.3. The number of aryl methyl sites for hydroxylation is 1. The molecule has 0 atom stereocenters. The maximum Gasteiger partial charge on any atom is 0.445 e. The summed E-state index contributed by atoms with van der Waals surface area (Å²) in [6, 6.07) is 5.79. The van der Waals surface area contributed by atoms with Gasteiger partial charge in [-0.2, -0.15) is 23.3 Å². The largest absolute Gasteiger partial charge is 0.445 e. The highest BCUT2D eigenvalue weighted by atomic mass is 35.5. The Morgan fingerprint density at radius 3 is 2.31 bits per heavy atom. The number of hydrogen-bond acceptors (Lipinski definition) is 6. The number of nitrogens with zero attached hydrogens (tertiary/aromatic N) is 4. The molecule has 0 fully saturated rings. The van der Waals surface area contributed by atoms with Gasteiger partial charge in [-0.05, 0) is 29.8 Å². The highest BCUT2D eigenvalue weighted by Gasteiger charge is 2.35. The van der Waals surface area contributed by atoms with E-state index in [9.17, 15) is 26.4 Å². The standard InChI is InChI=1S/C18H13Cl2F3N4O3S2/c1-3-32(29,30)13-6-10(9-4-11(19)7-12(20)5-9)8-24-14(13)15(28)25-17-27(2)26-16(31-17)18(21,22)23/h4-8H,3H2,1-2H3. The second-order valence-corrected chi connectivity index (χ2v) is 10.4. The number of carbonyl (C=O) groups excluding carboxylic acids is 1. The Hall–Kier alpha value is -2.28. The van der Waals surface area contributed by atoms with Gasteiger partial charge in [-0.15, -0.1) is 0 Å². The number of aromatic nitrogens is 3. The van der Waals surface area contributed by atoms with Crippen LogP contribution >= 0.6 is 34.5 Å². The Morgan fingerprint density at radius 1 is 1.16 bits per heavy atom. The van der Waals surface area contributed by atoms with E-state index in [1.165, 1.54) is 44.4 Å². The molecule has 170 valence electrons. The number of rotatable bonds is 4. The van der Waals surface area contributed by atoms with Crippen LogP contribution in [0.15, 0.2) is 40.4 Å². The van der Waals surface area contributed by atoms with Gasteiger partial charge in [0.25, 0.3) is 5.91 Å². The lowest BCUT2D eigenvalue weighted by Gasteiger charge is -2.09. The Bertz CT molecular complexity index is 1360. The molecule has 0 aliphatic carbocycles. The normalized spacial score (nSPS) is 12.9. The van der Waals surface area contributed by atoms with Gasteiger partial charge in [0.05, 0.1) is 10.6 Å². The molecule has 0 unspecified atom stereocenters. The molecule has 3 rings (SSSR count). The van der Waals surface area contributed by atoms with Crippen molar-refractivity contribution in [1.82, 2.24) is 14.8 Å². The molecule has 0 saturated heterocycles. The van der Waals surface area contributed by atoms with Crippen molar-refractivity contribution < 1.29 is 26.4 Å². The van der Waals surface area contributed by atoms with Crippen molar-refractivity contribution in [2.75, 3.05) is 5.75 Å². The maximum atomic E-state index is 12.9. The summed E-state index contributed by atoms with van der Waals surface area (Å²) in [7, 11) is -2.77. The van der Waals surface area contributed by atoms with E-state index in [2.05, 4.69) is 15.1 Å². The first-order chi connectivity index (χ1) is 14.8. The molecule has 1 amide bonds. The third-order valence-corrected chi connectivity index (χ3v) is 7.33. The summed E-state index contributed by atoms with van der Waals surface area (Å²) in [5.41, 5.74) is 0.258. The molecule has 2 heterocycles. The first-order valence-corrected chi connectivity index (χ1v) is 11.9. The van der Waals surface area contributed by atoms with Crippen LogP contribution in [0.3, 0.4) is 0 Å². The highest BCUT2D eigenvalue weighted by Crippen LogP contribution is 2.30. The summed E-state index contributed by atoms with van der Waals surface area (Å²) < 4.78 is 64.7. The van der Waals surface area contributed by atoms with Crippen LogP contribution in [0.1, 0.15) is 22.4 Å². The molecule has 3 aromatic rings. The monoisotopic (exact) mass is 524 g/mol. The summed E-state index contributed by atoms with van der Waals surface area (Å²) in [5, 5.41) is 2.70. The van der Waals surface area contributed by atoms with E-state index >= 15 is 0 Å². The fraction of sp³-hybridized carbons (Fsp3) is 0.222. The van der Waals surface area contributed by atoms with Crippen LogP contribution in [0.4, 0.5) is 13.2 Å². The Balaban J connectivity index is 2.16. The number of carbonyl (C=O) groups is 1. The summed E-state index contributed by atoms with van der Waals surface area (Å²) in [4.78, 5) is 19.5. The van der Waals surface area contributed by atoms with Crippen molar-refractivity contribution in [3.05, 3.63) is 56.0 Å². The molecule has 0 bridgehead atoms. The quantitative estimate of drug-likeness (QED) is 0.503. The van der Waals surface area contributed by atoms with Gasteiger partial charge in [-0.1, -0.05) is 41.5 Å². The van der Waals surface area contributed by atoms with Crippen molar-refractivity contribution in [3.63, 3.8) is 0 Å². The first kappa shape index (κ1) is 24.4. The van der Waals surface area contributed by atoms with Crippen molar-refractivity contribution in [2.24, 2.45) is 12.0 Å². The van der Waals surface area contributed by atoms with Crippen molar-refractivity contribution >= 4 is 50.3 Å². The zero-order valence-corrected chi connectivity index (χ0v) is 19.5. The van der Waals surface area contributed by atoms with Crippen molar-refractivity contribution in [2.45, 2.75) is 18.0 Å². The van der Waals surface area contributed by atoms with E-state index < -0.39 is 37.5 Å². The highest BCUT2D eigenvalue weighted by molar-refractivity contribution is 7.91. The van der Waals surface area contributed by atoms with E-state index in [1.54, 1.807) is 0 Å². The minimum Gasteiger partial charge on any atom is -0.265 e. The molecule has 0 radical (unpaired) electrons. The number of amides is 1. The van der Waals surface area contributed by atoms with E-state index in [0.29, 0.717) is 21.2 Å². The number of halogens is 5. The molecule has 0 aliphatic rings. The van der Waals surface area contributed by atoms with Gasteiger partial charge in [-0.25, -0.2) is 18.1 Å². The van der Waals surface area contributed by atoms with Gasteiger partial charge < -0.3 is 0 Å². The van der Waals surface area contributed by atoms with Crippen LogP contribution < -0.4 is 4.80 Å². The molecule has 0 N–H and O–H groups in total. The number of sulfone groups is 1. The number of alkyl halides is 3. The predicted octanol–water partition coefficient (Wildman–Crippen LogP) is 4.40. The molecule has 7 nitrogen and oxygen atoms in total. The minimum atomic E-state index is -4.71. The van der Waals surface area contributed by atoms with E-state index in [-0.39, 0.29) is 21.9 Å². The Morgan fingerprint density at radius 2 is 1.78 bits per heavy atom. The van der Waals surface area contributed by atoms with E-state index in [4.69, 9.17) is 23.2 Å². The van der Waals surface area contributed by atoms with Crippen molar-refractivity contribution in [1.29, 1.82) is 0 Å². The summed E-state index contributed by atoms with van der Waals surface area (Å²) in [5.74, 6) is -1.47. The SMILES string of the molecule is CCS(=O)(=O)c1cc(-c2cc(Cl)cc(Cl)c2)cnc1C(=O)N=c1sc(C(F)(F)F)nn1C. The molecular weight excluding hydrogens is 512 g/mol. The summed E-state index contributed by atoms with van der Waals surface area (Å²) in [6.07, 6.45) is -3.48. The lowest BCUT2D eigenvalue weighted by molar-refractivity contribution is -0.138. The smallest absolute Gasteiger partial charge is 0.265 e. The van der Waals surface area contributed by atoms with Crippen LogP contribution in [-0.2, 0) is 23.1 Å². The molecule has 1 aromatic carbocycles. The lowest BCUT2D eigenvalue weighted by Crippen LogP contribution is -2.18. The van der Waals surface area contributed by atoms with Gasteiger partial charge in [0.15, 0.2) is 9.84 Å². The summed E-state index contributed by atoms with van der Waals surface area (Å²) >= 11 is 12.1. The van der Waals surface area contributed by atoms with Crippen molar-refractivity contribution in [3.8, 4) is 11.1 Å². The molecule has 0 aliphatic heterocycles. The molecular formula is C18H13Cl2F3N4O3S2. The molecule has 2 aromatic heterocycles. The van der Waals surface area contributed by atoms with Gasteiger partial charge >= 0.3 is 6.18 Å². The van der Waals surface area contributed by atoms with Crippen LogP contribution in [0.2, 0.25) is 10.0 Å². The average molecular weight is 525 g/mol. The van der Waals surface area contributed by atoms with Gasteiger partial charge in [0.1, 0.15) is 5.69 Å². The van der Waals surface area contributed by atoms with Gasteiger partial charge in [-0.3, -0.25) is 4.79 Å². The third-order valence-electron chi connectivity index (χ3n) is 4.11. The number of pyridine rings is 1. The van der Waals surface area contributed by atoms with Crippen LogP contribution in [0.5, 0.6) is 0 Å². The topological polar surface area (TPSA) is 94.3 Å². The van der Waals surface area contributed by atoms with Gasteiger partial charge in [0, 0.05) is 28.9 Å². The van der Waals surface area contributed by atoms with Gasteiger partial charge in [0.2, 0.25) is 9.81 Å². The molecule has 14 heteroatoms.